The fraction of sp³-hybridized carbons (Fsp3) is 0.316. The fourth-order valence-corrected chi connectivity index (χ4v) is 7.07. The van der Waals surface area contributed by atoms with E-state index >= 15 is 0 Å². The van der Waals surface area contributed by atoms with E-state index in [1.54, 1.807) is 0 Å². The Bertz CT molecular complexity index is 831. The molecule has 0 aliphatic carbocycles. The molecule has 28 heavy (non-hydrogen) atoms. The van der Waals surface area contributed by atoms with E-state index in [0.29, 0.717) is 0 Å². The van der Waals surface area contributed by atoms with Crippen molar-refractivity contribution in [1.82, 2.24) is 0 Å². The number of carbonyl (C=O) groups is 1. The first-order chi connectivity index (χ1) is 12.9. The van der Waals surface area contributed by atoms with Crippen molar-refractivity contribution in [2.75, 3.05) is 0 Å². The zero-order chi connectivity index (χ0) is 21.2. The second-order valence-electron chi connectivity index (χ2n) is 6.25. The summed E-state index contributed by atoms with van der Waals surface area (Å²) in [5.41, 5.74) is -1.17. The van der Waals surface area contributed by atoms with Crippen LogP contribution in [0.15, 0.2) is 54.6 Å². The second kappa shape index (κ2) is 8.44. The van der Waals surface area contributed by atoms with Crippen LogP contribution in [0.4, 0.5) is 17.6 Å². The number of carbonyl (C=O) groups excluding carboxylic acids is 1. The summed E-state index contributed by atoms with van der Waals surface area (Å²) in [4.78, 5) is 11.3. The van der Waals surface area contributed by atoms with E-state index in [9.17, 15) is 22.4 Å². The first-order valence-electron chi connectivity index (χ1n) is 8.04. The molecule has 0 bridgehead atoms. The number of hydrogen-bond donors (Lipinski definition) is 0. The van der Waals surface area contributed by atoms with Crippen LogP contribution in [0, 0.1) is 3.57 Å². The second-order valence-corrected chi connectivity index (χ2v) is 12.0. The van der Waals surface area contributed by atoms with E-state index in [4.69, 9.17) is 13.6 Å². The number of alkyl halides is 5. The van der Waals surface area contributed by atoms with Crippen LogP contribution in [-0.2, 0) is 15.1 Å². The van der Waals surface area contributed by atoms with Crippen LogP contribution in [0.3, 0.4) is 0 Å². The standard InChI is InChI=1S/C19H18ClF4IO3/c1-13(26)27-17(2,3)15-11-7-8-12-16(15)25(20)18(21,22)19(23,24)28-14-9-5-4-6-10-14/h4-12H,1-3H3. The Kier molecular flexibility index (Phi) is 6.86. The Morgan fingerprint density at radius 2 is 1.50 bits per heavy atom. The van der Waals surface area contributed by atoms with E-state index < -0.39 is 46.0 Å². The zero-order valence-electron chi connectivity index (χ0n) is 15.2. The van der Waals surface area contributed by atoms with Crippen molar-refractivity contribution in [2.45, 2.75) is 36.4 Å². The fourth-order valence-electron chi connectivity index (χ4n) is 2.43. The molecule has 0 saturated heterocycles. The molecule has 154 valence electrons. The molecule has 0 saturated carbocycles. The van der Waals surface area contributed by atoms with Crippen molar-refractivity contribution < 1.29 is 31.8 Å². The number of para-hydroxylation sites is 1. The van der Waals surface area contributed by atoms with Crippen LogP contribution in [0.25, 0.3) is 0 Å². The van der Waals surface area contributed by atoms with Gasteiger partial charge in [-0.05, 0) is 0 Å². The van der Waals surface area contributed by atoms with Gasteiger partial charge in [0.25, 0.3) is 0 Å². The third kappa shape index (κ3) is 4.89. The van der Waals surface area contributed by atoms with Gasteiger partial charge >= 0.3 is 171 Å². The molecular weight excluding hydrogens is 515 g/mol. The summed E-state index contributed by atoms with van der Waals surface area (Å²) in [6.45, 7) is 4.12. The van der Waals surface area contributed by atoms with Crippen molar-refractivity contribution in [2.24, 2.45) is 0 Å². The van der Waals surface area contributed by atoms with E-state index in [1.165, 1.54) is 56.3 Å². The summed E-state index contributed by atoms with van der Waals surface area (Å²) in [6.07, 6.45) is -4.82. The normalized spacial score (nSPS) is 13.1. The predicted molar refractivity (Wildman–Crippen MR) is 107 cm³/mol. The SMILES string of the molecule is CC(=O)OC(C)(C)c1ccccc1I(Cl)C(F)(F)C(F)(F)Oc1ccccc1. The first-order valence-corrected chi connectivity index (χ1v) is 12.9. The molecule has 0 aliphatic heterocycles. The predicted octanol–water partition coefficient (Wildman–Crippen LogP) is 6.58. The Labute approximate surface area is 171 Å². The van der Waals surface area contributed by atoms with E-state index in [0.717, 1.165) is 19.1 Å². The molecule has 2 rings (SSSR count). The molecule has 0 fully saturated rings. The average Bonchev–Trinajstić information content (AvgIpc) is 2.60. The molecule has 0 spiro atoms. The maximum atomic E-state index is 14.8. The van der Waals surface area contributed by atoms with Gasteiger partial charge < -0.3 is 0 Å². The summed E-state index contributed by atoms with van der Waals surface area (Å²) < 4.78 is 62.9. The third-order valence-corrected chi connectivity index (χ3v) is 9.64. The molecule has 0 N–H and O–H groups in total. The summed E-state index contributed by atoms with van der Waals surface area (Å²) >= 11 is -4.37. The minimum absolute atomic E-state index is 0.138. The molecule has 0 atom stereocenters. The Morgan fingerprint density at radius 1 is 0.964 bits per heavy atom. The van der Waals surface area contributed by atoms with Crippen molar-refractivity contribution in [3.8, 4) is 5.75 Å². The van der Waals surface area contributed by atoms with E-state index in [2.05, 4.69) is 4.74 Å². The minimum atomic E-state index is -4.82. The number of ether oxygens (including phenoxy) is 2. The molecule has 2 aromatic rings. The molecule has 3 nitrogen and oxygen atoms in total. The quantitative estimate of drug-likeness (QED) is 0.175. The number of benzene rings is 2. The van der Waals surface area contributed by atoms with Gasteiger partial charge in [-0.15, -0.1) is 0 Å². The average molecular weight is 533 g/mol. The van der Waals surface area contributed by atoms with Gasteiger partial charge in [-0.3, -0.25) is 0 Å². The van der Waals surface area contributed by atoms with Crippen molar-refractivity contribution >= 4 is 33.6 Å². The molecule has 0 unspecified atom stereocenters. The molecule has 0 aromatic heterocycles. The van der Waals surface area contributed by atoms with Gasteiger partial charge in [-0.25, -0.2) is 0 Å². The summed E-state index contributed by atoms with van der Waals surface area (Å²) in [7, 11) is 6.00. The first kappa shape index (κ1) is 22.7. The Morgan fingerprint density at radius 3 is 2.07 bits per heavy atom. The summed E-state index contributed by atoms with van der Waals surface area (Å²) in [6, 6.07) is 12.2. The van der Waals surface area contributed by atoms with Crippen molar-refractivity contribution in [3.63, 3.8) is 0 Å². The van der Waals surface area contributed by atoms with Gasteiger partial charge in [0.2, 0.25) is 0 Å². The van der Waals surface area contributed by atoms with Gasteiger partial charge in [-0.2, -0.15) is 0 Å². The molecule has 0 amide bonds. The van der Waals surface area contributed by atoms with Crippen LogP contribution in [0.5, 0.6) is 5.75 Å². The monoisotopic (exact) mass is 532 g/mol. The Balaban J connectivity index is 2.41. The van der Waals surface area contributed by atoms with Crippen LogP contribution < -0.4 is 4.74 Å². The van der Waals surface area contributed by atoms with Crippen LogP contribution in [0.1, 0.15) is 26.3 Å². The van der Waals surface area contributed by atoms with Crippen LogP contribution in [0.2, 0.25) is 0 Å². The van der Waals surface area contributed by atoms with Gasteiger partial charge in [0, 0.05) is 0 Å². The number of hydrogen-bond acceptors (Lipinski definition) is 3. The molecule has 0 heterocycles. The van der Waals surface area contributed by atoms with Gasteiger partial charge in [0.05, 0.1) is 0 Å². The van der Waals surface area contributed by atoms with E-state index in [-0.39, 0.29) is 9.13 Å². The molecule has 2 aromatic carbocycles. The van der Waals surface area contributed by atoms with Crippen molar-refractivity contribution in [3.05, 3.63) is 63.7 Å². The Hall–Kier alpha value is -1.55. The number of halogens is 6. The summed E-state index contributed by atoms with van der Waals surface area (Å²) in [5, 5.41) is 0. The summed E-state index contributed by atoms with van der Waals surface area (Å²) in [5.74, 6) is -1.04. The van der Waals surface area contributed by atoms with Crippen molar-refractivity contribution in [1.29, 1.82) is 0 Å². The third-order valence-electron chi connectivity index (χ3n) is 3.63. The van der Waals surface area contributed by atoms with Gasteiger partial charge in [0.15, 0.2) is 0 Å². The molecule has 0 aliphatic rings. The van der Waals surface area contributed by atoms with Crippen LogP contribution in [-0.4, -0.2) is 16.0 Å². The maximum absolute atomic E-state index is 14.8. The topological polar surface area (TPSA) is 35.5 Å². The molecule has 9 heteroatoms. The number of esters is 1. The molecular formula is C19H18ClF4IO3. The number of rotatable bonds is 7. The van der Waals surface area contributed by atoms with Crippen LogP contribution >= 0.6 is 27.6 Å². The molecule has 0 radical (unpaired) electrons. The van der Waals surface area contributed by atoms with E-state index in [1.807, 2.05) is 0 Å². The van der Waals surface area contributed by atoms with Gasteiger partial charge in [-0.1, -0.05) is 0 Å². The van der Waals surface area contributed by atoms with Gasteiger partial charge in [0.1, 0.15) is 0 Å². The zero-order valence-corrected chi connectivity index (χ0v) is 18.1.